The van der Waals surface area contributed by atoms with E-state index in [0.29, 0.717) is 0 Å². The van der Waals surface area contributed by atoms with E-state index in [2.05, 4.69) is 0 Å². The molecule has 0 amide bonds. The quantitative estimate of drug-likeness (QED) is 0.814. The standard InChI is InChI=1S/C12H8F3NO/c13-7-4-5-9(16)11(6-7)17-10-3-1-2-8(14)12(10)15/h1-6H,16H2. The maximum Gasteiger partial charge on any atom is 0.201 e. The van der Waals surface area contributed by atoms with E-state index in [9.17, 15) is 13.2 Å². The van der Waals surface area contributed by atoms with Crippen LogP contribution in [0.2, 0.25) is 0 Å². The molecule has 0 unspecified atom stereocenters. The first-order valence-electron chi connectivity index (χ1n) is 4.75. The molecule has 5 heteroatoms. The lowest BCUT2D eigenvalue weighted by Crippen LogP contribution is -1.96. The molecule has 0 radical (unpaired) electrons. The van der Waals surface area contributed by atoms with Crippen LogP contribution in [0.5, 0.6) is 11.5 Å². The zero-order valence-electron chi connectivity index (χ0n) is 8.58. The fraction of sp³-hybridized carbons (Fsp3) is 0. The van der Waals surface area contributed by atoms with Gasteiger partial charge in [-0.2, -0.15) is 4.39 Å². The van der Waals surface area contributed by atoms with Gasteiger partial charge in [-0.3, -0.25) is 0 Å². The van der Waals surface area contributed by atoms with Crippen LogP contribution in [0.1, 0.15) is 0 Å². The minimum Gasteiger partial charge on any atom is -0.452 e. The molecule has 0 aliphatic heterocycles. The number of benzene rings is 2. The molecule has 17 heavy (non-hydrogen) atoms. The predicted molar refractivity (Wildman–Crippen MR) is 57.2 cm³/mol. The summed E-state index contributed by atoms with van der Waals surface area (Å²) in [4.78, 5) is 0. The van der Waals surface area contributed by atoms with Crippen molar-refractivity contribution in [1.29, 1.82) is 0 Å². The second-order valence-corrected chi connectivity index (χ2v) is 3.34. The zero-order chi connectivity index (χ0) is 12.4. The topological polar surface area (TPSA) is 35.2 Å². The van der Waals surface area contributed by atoms with Crippen molar-refractivity contribution in [3.8, 4) is 11.5 Å². The van der Waals surface area contributed by atoms with Crippen molar-refractivity contribution in [3.05, 3.63) is 53.8 Å². The molecule has 2 aromatic rings. The molecule has 0 spiro atoms. The van der Waals surface area contributed by atoms with Crippen molar-refractivity contribution in [2.45, 2.75) is 0 Å². The monoisotopic (exact) mass is 239 g/mol. The first kappa shape index (κ1) is 11.3. The van der Waals surface area contributed by atoms with E-state index in [1.165, 1.54) is 18.2 Å². The summed E-state index contributed by atoms with van der Waals surface area (Å²) in [6, 6.07) is 6.88. The van der Waals surface area contributed by atoms with E-state index in [1.54, 1.807) is 0 Å². The average Bonchev–Trinajstić information content (AvgIpc) is 2.30. The zero-order valence-corrected chi connectivity index (χ0v) is 8.58. The van der Waals surface area contributed by atoms with Gasteiger partial charge in [0.25, 0.3) is 0 Å². The Labute approximate surface area is 95.4 Å². The highest BCUT2D eigenvalue weighted by Crippen LogP contribution is 2.30. The number of rotatable bonds is 2. The summed E-state index contributed by atoms with van der Waals surface area (Å²) in [5, 5.41) is 0. The number of hydrogen-bond donors (Lipinski definition) is 1. The van der Waals surface area contributed by atoms with Gasteiger partial charge >= 0.3 is 0 Å². The van der Waals surface area contributed by atoms with E-state index >= 15 is 0 Å². The molecule has 0 atom stereocenters. The van der Waals surface area contributed by atoms with Crippen molar-refractivity contribution >= 4 is 5.69 Å². The highest BCUT2D eigenvalue weighted by molar-refractivity contribution is 5.53. The van der Waals surface area contributed by atoms with Crippen LogP contribution >= 0.6 is 0 Å². The van der Waals surface area contributed by atoms with Gasteiger partial charge in [-0.15, -0.1) is 0 Å². The van der Waals surface area contributed by atoms with E-state index in [4.69, 9.17) is 10.5 Å². The fourth-order valence-electron chi connectivity index (χ4n) is 1.28. The molecule has 2 rings (SSSR count). The number of anilines is 1. The van der Waals surface area contributed by atoms with Gasteiger partial charge in [-0.1, -0.05) is 6.07 Å². The van der Waals surface area contributed by atoms with Crippen LogP contribution in [-0.4, -0.2) is 0 Å². The van der Waals surface area contributed by atoms with Gasteiger partial charge < -0.3 is 10.5 Å². The molecule has 0 aliphatic carbocycles. The molecule has 0 saturated carbocycles. The average molecular weight is 239 g/mol. The lowest BCUT2D eigenvalue weighted by Gasteiger charge is -2.09. The molecular formula is C12H8F3NO. The van der Waals surface area contributed by atoms with Crippen molar-refractivity contribution < 1.29 is 17.9 Å². The molecule has 0 heterocycles. The summed E-state index contributed by atoms with van der Waals surface area (Å²) in [5.74, 6) is -3.17. The summed E-state index contributed by atoms with van der Waals surface area (Å²) in [5.41, 5.74) is 5.65. The van der Waals surface area contributed by atoms with Crippen LogP contribution in [0.4, 0.5) is 18.9 Å². The molecule has 0 bridgehead atoms. The minimum atomic E-state index is -1.14. The predicted octanol–water partition coefficient (Wildman–Crippen LogP) is 3.48. The Kier molecular flexibility index (Phi) is 2.91. The third kappa shape index (κ3) is 2.33. The van der Waals surface area contributed by atoms with E-state index in [-0.39, 0.29) is 17.2 Å². The van der Waals surface area contributed by atoms with Gasteiger partial charge in [0.15, 0.2) is 17.3 Å². The van der Waals surface area contributed by atoms with Crippen molar-refractivity contribution in [2.75, 3.05) is 5.73 Å². The number of nitrogen functional groups attached to an aromatic ring is 1. The van der Waals surface area contributed by atoms with Gasteiger partial charge in [0.05, 0.1) is 5.69 Å². The summed E-state index contributed by atoms with van der Waals surface area (Å²) in [6.45, 7) is 0. The molecule has 2 nitrogen and oxygen atoms in total. The van der Waals surface area contributed by atoms with Crippen LogP contribution in [0.3, 0.4) is 0 Å². The Balaban J connectivity index is 2.38. The Morgan fingerprint density at radius 2 is 1.71 bits per heavy atom. The highest BCUT2D eigenvalue weighted by atomic mass is 19.2. The van der Waals surface area contributed by atoms with Gasteiger partial charge in [0.2, 0.25) is 5.82 Å². The summed E-state index contributed by atoms with van der Waals surface area (Å²) in [6.07, 6.45) is 0. The third-order valence-corrected chi connectivity index (χ3v) is 2.11. The maximum absolute atomic E-state index is 13.3. The van der Waals surface area contributed by atoms with Gasteiger partial charge in [-0.25, -0.2) is 8.78 Å². The summed E-state index contributed by atoms with van der Waals surface area (Å²) < 4.78 is 44.1. The third-order valence-electron chi connectivity index (χ3n) is 2.11. The van der Waals surface area contributed by atoms with Crippen LogP contribution in [0, 0.1) is 17.5 Å². The highest BCUT2D eigenvalue weighted by Gasteiger charge is 2.11. The molecule has 2 N–H and O–H groups in total. The van der Waals surface area contributed by atoms with Crippen LogP contribution in [0.15, 0.2) is 36.4 Å². The van der Waals surface area contributed by atoms with E-state index < -0.39 is 17.5 Å². The minimum absolute atomic E-state index is 0.0606. The second-order valence-electron chi connectivity index (χ2n) is 3.34. The molecule has 2 aromatic carbocycles. The smallest absolute Gasteiger partial charge is 0.201 e. The molecule has 0 aliphatic rings. The number of nitrogens with two attached hydrogens (primary N) is 1. The van der Waals surface area contributed by atoms with E-state index in [0.717, 1.165) is 18.2 Å². The summed E-state index contributed by atoms with van der Waals surface area (Å²) >= 11 is 0. The van der Waals surface area contributed by atoms with Crippen molar-refractivity contribution in [2.24, 2.45) is 0 Å². The molecule has 0 aromatic heterocycles. The lowest BCUT2D eigenvalue weighted by molar-refractivity contribution is 0.415. The largest absolute Gasteiger partial charge is 0.452 e. The number of ether oxygens (including phenoxy) is 1. The number of halogens is 3. The summed E-state index contributed by atoms with van der Waals surface area (Å²) in [7, 11) is 0. The molecular weight excluding hydrogens is 231 g/mol. The van der Waals surface area contributed by atoms with Crippen LogP contribution < -0.4 is 10.5 Å². The first-order chi connectivity index (χ1) is 8.08. The first-order valence-corrected chi connectivity index (χ1v) is 4.75. The van der Waals surface area contributed by atoms with Crippen molar-refractivity contribution in [1.82, 2.24) is 0 Å². The number of hydrogen-bond acceptors (Lipinski definition) is 2. The van der Waals surface area contributed by atoms with Crippen LogP contribution in [-0.2, 0) is 0 Å². The Hall–Kier alpha value is -2.17. The fourth-order valence-corrected chi connectivity index (χ4v) is 1.28. The Bertz CT molecular complexity index is 557. The van der Waals surface area contributed by atoms with Gasteiger partial charge in [0, 0.05) is 6.07 Å². The van der Waals surface area contributed by atoms with Gasteiger partial charge in [-0.05, 0) is 24.3 Å². The Morgan fingerprint density at radius 1 is 0.941 bits per heavy atom. The maximum atomic E-state index is 13.3. The SMILES string of the molecule is Nc1ccc(F)cc1Oc1cccc(F)c1F. The molecule has 88 valence electrons. The lowest BCUT2D eigenvalue weighted by atomic mass is 10.3. The van der Waals surface area contributed by atoms with E-state index in [1.807, 2.05) is 0 Å². The normalized spacial score (nSPS) is 10.3. The van der Waals surface area contributed by atoms with Gasteiger partial charge in [0.1, 0.15) is 5.82 Å². The Morgan fingerprint density at radius 3 is 2.47 bits per heavy atom. The molecule has 0 fully saturated rings. The van der Waals surface area contributed by atoms with Crippen molar-refractivity contribution in [3.63, 3.8) is 0 Å². The van der Waals surface area contributed by atoms with Crippen LogP contribution in [0.25, 0.3) is 0 Å². The molecule has 0 saturated heterocycles. The second kappa shape index (κ2) is 4.37.